The second-order valence-electron chi connectivity index (χ2n) is 5.64. The Morgan fingerprint density at radius 2 is 1.43 bits per heavy atom. The quantitative estimate of drug-likeness (QED) is 0.541. The van der Waals surface area contributed by atoms with Gasteiger partial charge in [0.1, 0.15) is 32.9 Å². The minimum absolute atomic E-state index is 0.143. The number of methoxy groups -OCH3 is 2. The molecule has 1 aromatic heterocycles. The maximum atomic E-state index is 13.7. The Labute approximate surface area is 174 Å². The molecular formula is C17H14F2N2O6S3. The second-order valence-corrected chi connectivity index (χ2v) is 9.87. The number of benzene rings is 2. The predicted octanol–water partition coefficient (Wildman–Crippen LogP) is 2.37. The van der Waals surface area contributed by atoms with Crippen LogP contribution < -0.4 is 14.3 Å². The van der Waals surface area contributed by atoms with Crippen molar-refractivity contribution >= 4 is 31.4 Å². The maximum Gasteiger partial charge on any atom is 0.288 e. The summed E-state index contributed by atoms with van der Waals surface area (Å²) in [6, 6.07) is 5.70. The normalized spacial score (nSPS) is 12.7. The van der Waals surface area contributed by atoms with E-state index in [1.54, 1.807) is 0 Å². The molecule has 1 heterocycles. The fourth-order valence-electron chi connectivity index (χ4n) is 2.47. The summed E-state index contributed by atoms with van der Waals surface area (Å²) in [5, 5.41) is 1.28. The average Bonchev–Trinajstić information content (AvgIpc) is 3.16. The van der Waals surface area contributed by atoms with Gasteiger partial charge in [-0.05, 0) is 36.4 Å². The highest BCUT2D eigenvalue weighted by molar-refractivity contribution is 7.90. The molecule has 0 aliphatic carbocycles. The molecule has 0 amide bonds. The minimum atomic E-state index is -4.56. The van der Waals surface area contributed by atoms with E-state index in [4.69, 9.17) is 9.47 Å². The zero-order valence-electron chi connectivity index (χ0n) is 15.4. The largest absolute Gasteiger partial charge is 0.495 e. The van der Waals surface area contributed by atoms with Gasteiger partial charge in [0.2, 0.25) is 4.80 Å². The predicted molar refractivity (Wildman–Crippen MR) is 104 cm³/mol. The summed E-state index contributed by atoms with van der Waals surface area (Å²) >= 11 is 0.697. The van der Waals surface area contributed by atoms with Gasteiger partial charge in [-0.2, -0.15) is 8.42 Å². The molecule has 0 saturated heterocycles. The van der Waals surface area contributed by atoms with Crippen LogP contribution in [0.5, 0.6) is 11.5 Å². The molecule has 3 aromatic rings. The first-order valence-corrected chi connectivity index (χ1v) is 11.8. The highest BCUT2D eigenvalue weighted by Gasteiger charge is 2.26. The summed E-state index contributed by atoms with van der Waals surface area (Å²) in [7, 11) is -6.63. The average molecular weight is 477 g/mol. The van der Waals surface area contributed by atoms with E-state index in [0.29, 0.717) is 21.4 Å². The van der Waals surface area contributed by atoms with Gasteiger partial charge in [0, 0.05) is 11.6 Å². The first-order valence-electron chi connectivity index (χ1n) is 8.00. The van der Waals surface area contributed by atoms with Crippen molar-refractivity contribution in [3.05, 3.63) is 64.4 Å². The van der Waals surface area contributed by atoms with E-state index in [1.807, 2.05) is 0 Å². The van der Waals surface area contributed by atoms with E-state index in [2.05, 4.69) is 4.40 Å². The van der Waals surface area contributed by atoms with Crippen LogP contribution in [0.1, 0.15) is 0 Å². The molecule has 0 fully saturated rings. The molecule has 0 spiro atoms. The van der Waals surface area contributed by atoms with Gasteiger partial charge in [-0.3, -0.25) is 0 Å². The number of hydrogen-bond donors (Lipinski definition) is 0. The Hall–Kier alpha value is -2.77. The minimum Gasteiger partial charge on any atom is -0.495 e. The lowest BCUT2D eigenvalue weighted by Crippen LogP contribution is -2.25. The summed E-state index contributed by atoms with van der Waals surface area (Å²) in [6.45, 7) is 0. The van der Waals surface area contributed by atoms with Crippen molar-refractivity contribution in [3.63, 3.8) is 0 Å². The molecule has 2 aromatic carbocycles. The molecule has 0 unspecified atom stereocenters. The summed E-state index contributed by atoms with van der Waals surface area (Å²) in [5.74, 6) is -1.99. The molecule has 0 radical (unpaired) electrons. The Kier molecular flexibility index (Phi) is 5.97. The van der Waals surface area contributed by atoms with Crippen LogP contribution in [0.2, 0.25) is 0 Å². The van der Waals surface area contributed by atoms with Crippen LogP contribution in [0, 0.1) is 11.6 Å². The first-order chi connectivity index (χ1) is 14.1. The fourth-order valence-corrected chi connectivity index (χ4v) is 6.36. The third-order valence-electron chi connectivity index (χ3n) is 3.82. The Morgan fingerprint density at radius 3 is 2.00 bits per heavy atom. The zero-order chi connectivity index (χ0) is 22.1. The number of sulfonamides is 1. The lowest BCUT2D eigenvalue weighted by Gasteiger charge is -2.10. The molecule has 0 saturated carbocycles. The van der Waals surface area contributed by atoms with Crippen LogP contribution in [0.25, 0.3) is 0 Å². The Balaban J connectivity index is 2.22. The number of thiazole rings is 1. The van der Waals surface area contributed by atoms with Crippen molar-refractivity contribution < 1.29 is 35.1 Å². The third-order valence-corrected chi connectivity index (χ3v) is 7.79. The van der Waals surface area contributed by atoms with Gasteiger partial charge < -0.3 is 9.47 Å². The van der Waals surface area contributed by atoms with E-state index < -0.39 is 46.3 Å². The molecule has 0 aliphatic rings. The van der Waals surface area contributed by atoms with Crippen LogP contribution >= 0.6 is 11.3 Å². The molecule has 0 bridgehead atoms. The van der Waals surface area contributed by atoms with Gasteiger partial charge in [0.25, 0.3) is 20.0 Å². The lowest BCUT2D eigenvalue weighted by atomic mass is 10.3. The smallest absolute Gasteiger partial charge is 0.288 e. The SMILES string of the molecule is COc1ccc(F)cc1S(=O)(=O)/N=c1\sccn1S(=O)(=O)c1cc(F)ccc1OC. The van der Waals surface area contributed by atoms with Gasteiger partial charge in [0.05, 0.1) is 14.2 Å². The molecular weight excluding hydrogens is 462 g/mol. The van der Waals surface area contributed by atoms with Gasteiger partial charge >= 0.3 is 0 Å². The van der Waals surface area contributed by atoms with Gasteiger partial charge in [-0.1, -0.05) is 0 Å². The first kappa shape index (κ1) is 21.9. The van der Waals surface area contributed by atoms with Crippen LogP contribution in [-0.2, 0) is 20.0 Å². The molecule has 0 atom stereocenters. The highest BCUT2D eigenvalue weighted by Crippen LogP contribution is 2.27. The van der Waals surface area contributed by atoms with Gasteiger partial charge in [-0.15, -0.1) is 15.7 Å². The molecule has 30 heavy (non-hydrogen) atoms. The standard InChI is InChI=1S/C17H14F2N2O6S3/c1-26-13-5-3-11(18)9-15(13)29(22,23)20-17-21(7-8-28-17)30(24,25)16-10-12(19)4-6-14(16)27-2/h3-10H,1-2H3/b20-17-. The fraction of sp³-hybridized carbons (Fsp3) is 0.118. The van der Waals surface area contributed by atoms with Gasteiger partial charge in [0.15, 0.2) is 0 Å². The van der Waals surface area contributed by atoms with Crippen molar-refractivity contribution in [2.75, 3.05) is 14.2 Å². The van der Waals surface area contributed by atoms with Crippen molar-refractivity contribution in [2.24, 2.45) is 4.40 Å². The van der Waals surface area contributed by atoms with Crippen LogP contribution in [0.4, 0.5) is 8.78 Å². The molecule has 8 nitrogen and oxygen atoms in total. The second kappa shape index (κ2) is 8.16. The molecule has 160 valence electrons. The number of nitrogens with zero attached hydrogens (tertiary/aromatic N) is 2. The van der Waals surface area contributed by atoms with E-state index in [1.165, 1.54) is 19.6 Å². The number of rotatable bonds is 6. The van der Waals surface area contributed by atoms with Crippen molar-refractivity contribution in [3.8, 4) is 11.5 Å². The van der Waals surface area contributed by atoms with E-state index >= 15 is 0 Å². The summed E-state index contributed by atoms with van der Waals surface area (Å²) < 4.78 is 92.8. The number of aromatic nitrogens is 1. The van der Waals surface area contributed by atoms with E-state index in [0.717, 1.165) is 36.5 Å². The Morgan fingerprint density at radius 1 is 0.900 bits per heavy atom. The summed E-state index contributed by atoms with van der Waals surface area (Å²) in [5.41, 5.74) is 0. The number of halogens is 2. The number of ether oxygens (including phenoxy) is 2. The topological polar surface area (TPSA) is 104 Å². The molecule has 0 N–H and O–H groups in total. The molecule has 0 aliphatic heterocycles. The third kappa shape index (κ3) is 4.08. The van der Waals surface area contributed by atoms with Crippen LogP contribution in [0.3, 0.4) is 0 Å². The van der Waals surface area contributed by atoms with Crippen LogP contribution in [0.15, 0.2) is 62.2 Å². The van der Waals surface area contributed by atoms with Crippen molar-refractivity contribution in [2.45, 2.75) is 9.79 Å². The van der Waals surface area contributed by atoms with E-state index in [9.17, 15) is 25.6 Å². The number of hydrogen-bond acceptors (Lipinski definition) is 7. The summed E-state index contributed by atoms with van der Waals surface area (Å²) in [4.78, 5) is -1.57. The lowest BCUT2D eigenvalue weighted by molar-refractivity contribution is 0.400. The van der Waals surface area contributed by atoms with E-state index in [-0.39, 0.29) is 11.5 Å². The highest BCUT2D eigenvalue weighted by atomic mass is 32.2. The van der Waals surface area contributed by atoms with Crippen LogP contribution in [-0.4, -0.2) is 35.0 Å². The molecule has 13 heteroatoms. The summed E-state index contributed by atoms with van der Waals surface area (Å²) in [6.07, 6.45) is 1.06. The van der Waals surface area contributed by atoms with Gasteiger partial charge in [-0.25, -0.2) is 21.2 Å². The molecule has 3 rings (SSSR count). The van der Waals surface area contributed by atoms with Crippen molar-refractivity contribution in [1.29, 1.82) is 0 Å². The maximum absolute atomic E-state index is 13.7. The Bertz CT molecular complexity index is 1380. The monoisotopic (exact) mass is 476 g/mol. The zero-order valence-corrected chi connectivity index (χ0v) is 17.9. The van der Waals surface area contributed by atoms with Crippen molar-refractivity contribution in [1.82, 2.24) is 3.97 Å².